The zero-order valence-electron chi connectivity index (χ0n) is 27.2. The molecule has 0 aliphatic heterocycles. The maximum atomic E-state index is 15.2. The number of hydrogen-bond acceptors (Lipinski definition) is 7. The van der Waals surface area contributed by atoms with Crippen molar-refractivity contribution < 1.29 is 27.6 Å². The average molecular weight is 658 g/mol. The lowest BCUT2D eigenvalue weighted by Gasteiger charge is -2.18. The first-order valence-corrected chi connectivity index (χ1v) is 15.5. The molecule has 0 atom stereocenters. The van der Waals surface area contributed by atoms with Gasteiger partial charge in [0.25, 0.3) is 5.91 Å². The second-order valence-electron chi connectivity index (χ2n) is 10.5. The van der Waals surface area contributed by atoms with E-state index in [0.717, 1.165) is 32.6 Å². The van der Waals surface area contributed by atoms with Gasteiger partial charge in [-0.2, -0.15) is 0 Å². The highest BCUT2D eigenvalue weighted by Crippen LogP contribution is 2.42. The maximum absolute atomic E-state index is 15.2. The standard InChI is InChI=1S/C32H25F2N3O2S.C3H8.2CH2O/c1-17-5-12-25-28(13-17)40-32(36-25)22-14-19(8-11-24(22)34)21-15-23-27(16-26(21)37(3)4)39-30(29(23)31(38)35-2)18-6-9-20(33)10-7-18;1-3-2;2*1-2/h5-16H,1-4H3,(H,35,38);3H2,1-2H3;2*1H2. The number of benzene rings is 4. The normalized spacial score (nSPS) is 10.2. The number of thiazole rings is 1. The minimum Gasteiger partial charge on any atom is -0.455 e. The number of nitrogens with zero attached hydrogens (tertiary/aromatic N) is 2. The Bertz CT molecular complexity index is 1980. The molecule has 10 heteroatoms. The molecule has 244 valence electrons. The monoisotopic (exact) mass is 657 g/mol. The van der Waals surface area contributed by atoms with Crippen LogP contribution in [0.3, 0.4) is 0 Å². The number of amides is 1. The Kier molecular flexibility index (Phi) is 12.6. The van der Waals surface area contributed by atoms with Crippen LogP contribution in [-0.4, -0.2) is 45.6 Å². The largest absolute Gasteiger partial charge is 0.455 e. The highest BCUT2D eigenvalue weighted by molar-refractivity contribution is 7.21. The smallest absolute Gasteiger partial charge is 0.255 e. The molecule has 2 aromatic heterocycles. The van der Waals surface area contributed by atoms with E-state index in [1.54, 1.807) is 31.3 Å². The van der Waals surface area contributed by atoms with E-state index in [-0.39, 0.29) is 17.5 Å². The van der Waals surface area contributed by atoms with Crippen LogP contribution in [0.1, 0.15) is 36.2 Å². The van der Waals surface area contributed by atoms with Gasteiger partial charge in [0.2, 0.25) is 0 Å². The number of carbonyl (C=O) groups is 3. The van der Waals surface area contributed by atoms with Crippen molar-refractivity contribution in [3.63, 3.8) is 0 Å². The summed E-state index contributed by atoms with van der Waals surface area (Å²) in [6.45, 7) is 10.3. The summed E-state index contributed by atoms with van der Waals surface area (Å²) < 4.78 is 36.0. The second kappa shape index (κ2) is 16.4. The lowest BCUT2D eigenvalue weighted by Crippen LogP contribution is -2.18. The van der Waals surface area contributed by atoms with E-state index in [0.29, 0.717) is 38.4 Å². The number of rotatable bonds is 5. The van der Waals surface area contributed by atoms with Crippen LogP contribution in [0.4, 0.5) is 14.5 Å². The molecule has 0 fully saturated rings. The number of nitrogens with one attached hydrogen (secondary N) is 1. The number of hydrogen-bond donors (Lipinski definition) is 1. The molecule has 0 saturated carbocycles. The number of halogens is 2. The minimum atomic E-state index is -0.381. The van der Waals surface area contributed by atoms with E-state index in [1.807, 2.05) is 69.8 Å². The molecular weight excluding hydrogens is 620 g/mol. The van der Waals surface area contributed by atoms with Gasteiger partial charge in [0.05, 0.1) is 15.8 Å². The van der Waals surface area contributed by atoms with E-state index >= 15 is 4.39 Å². The highest BCUT2D eigenvalue weighted by atomic mass is 32.1. The summed E-state index contributed by atoms with van der Waals surface area (Å²) in [4.78, 5) is 35.7. The number of aryl methyl sites for hydroxylation is 1. The predicted molar refractivity (Wildman–Crippen MR) is 188 cm³/mol. The SMILES string of the molecule is C=O.C=O.CCC.CNC(=O)c1c(-c2ccc(F)cc2)oc2cc(N(C)C)c(-c3ccc(F)c(-c4nc5ccc(C)cc5s4)c3)cc12. The Morgan fingerprint density at radius 2 is 1.53 bits per heavy atom. The van der Waals surface area contributed by atoms with Gasteiger partial charge in [-0.25, -0.2) is 13.8 Å². The van der Waals surface area contributed by atoms with Crippen molar-refractivity contribution in [3.8, 4) is 33.0 Å². The fraction of sp³-hybridized carbons (Fsp3) is 0.189. The first-order valence-electron chi connectivity index (χ1n) is 14.7. The van der Waals surface area contributed by atoms with E-state index in [4.69, 9.17) is 19.0 Å². The van der Waals surface area contributed by atoms with E-state index < -0.39 is 0 Å². The third-order valence-corrected chi connectivity index (χ3v) is 7.95. The first-order chi connectivity index (χ1) is 22.6. The van der Waals surface area contributed by atoms with Gasteiger partial charge >= 0.3 is 0 Å². The van der Waals surface area contributed by atoms with Crippen molar-refractivity contribution in [2.75, 3.05) is 26.0 Å². The summed E-state index contributed by atoms with van der Waals surface area (Å²) >= 11 is 1.45. The fourth-order valence-electron chi connectivity index (χ4n) is 4.89. The van der Waals surface area contributed by atoms with Crippen LogP contribution in [0.2, 0.25) is 0 Å². The van der Waals surface area contributed by atoms with Gasteiger partial charge < -0.3 is 24.2 Å². The summed E-state index contributed by atoms with van der Waals surface area (Å²) in [7, 11) is 5.37. The maximum Gasteiger partial charge on any atom is 0.255 e. The Balaban J connectivity index is 0.000000799. The number of fused-ring (bicyclic) bond motifs is 2. The van der Waals surface area contributed by atoms with E-state index in [1.165, 1.54) is 36.0 Å². The molecule has 7 nitrogen and oxygen atoms in total. The molecule has 0 radical (unpaired) electrons. The second-order valence-corrected chi connectivity index (χ2v) is 11.6. The van der Waals surface area contributed by atoms with Crippen molar-refractivity contribution in [1.82, 2.24) is 10.3 Å². The van der Waals surface area contributed by atoms with Crippen molar-refractivity contribution in [3.05, 3.63) is 95.6 Å². The summed E-state index contributed by atoms with van der Waals surface area (Å²) in [5.41, 5.74) is 6.19. The van der Waals surface area contributed by atoms with Crippen molar-refractivity contribution in [1.29, 1.82) is 0 Å². The zero-order valence-corrected chi connectivity index (χ0v) is 28.1. The summed E-state index contributed by atoms with van der Waals surface area (Å²) in [6.07, 6.45) is 1.25. The molecular formula is C37H37F2N3O4S. The Hall–Kier alpha value is -5.22. The van der Waals surface area contributed by atoms with Gasteiger partial charge in [0, 0.05) is 55.0 Å². The third-order valence-electron chi connectivity index (χ3n) is 6.90. The van der Waals surface area contributed by atoms with Crippen molar-refractivity contribution in [2.24, 2.45) is 0 Å². The fourth-order valence-corrected chi connectivity index (χ4v) is 5.97. The number of furan rings is 1. The Morgan fingerprint density at radius 3 is 2.15 bits per heavy atom. The highest BCUT2D eigenvalue weighted by Gasteiger charge is 2.24. The molecule has 47 heavy (non-hydrogen) atoms. The van der Waals surface area contributed by atoms with Gasteiger partial charge in [-0.1, -0.05) is 32.4 Å². The van der Waals surface area contributed by atoms with Crippen LogP contribution in [-0.2, 0) is 9.59 Å². The Labute approximate surface area is 276 Å². The van der Waals surface area contributed by atoms with Crippen LogP contribution in [0.5, 0.6) is 0 Å². The van der Waals surface area contributed by atoms with Crippen LogP contribution in [0, 0.1) is 18.6 Å². The molecule has 0 aliphatic carbocycles. The number of carbonyl (C=O) groups excluding carboxylic acids is 3. The first kappa shape index (κ1) is 36.3. The predicted octanol–water partition coefficient (Wildman–Crippen LogP) is 9.10. The molecule has 0 unspecified atom stereocenters. The number of aromatic nitrogens is 1. The molecule has 0 spiro atoms. The number of anilines is 1. The van der Waals surface area contributed by atoms with Gasteiger partial charge in [-0.3, -0.25) is 4.79 Å². The summed E-state index contributed by atoms with van der Waals surface area (Å²) in [6, 6.07) is 20.6. The molecule has 0 saturated heterocycles. The van der Waals surface area contributed by atoms with Gasteiger partial charge in [-0.15, -0.1) is 11.3 Å². The lowest BCUT2D eigenvalue weighted by atomic mass is 9.97. The van der Waals surface area contributed by atoms with Crippen LogP contribution < -0.4 is 10.2 Å². The Morgan fingerprint density at radius 1 is 0.894 bits per heavy atom. The van der Waals surface area contributed by atoms with Crippen molar-refractivity contribution in [2.45, 2.75) is 27.2 Å². The van der Waals surface area contributed by atoms with E-state index in [9.17, 15) is 9.18 Å². The summed E-state index contributed by atoms with van der Waals surface area (Å²) in [5, 5.41) is 3.89. The molecule has 2 heterocycles. The molecule has 6 rings (SSSR count). The van der Waals surface area contributed by atoms with Crippen LogP contribution in [0.15, 0.2) is 77.2 Å². The summed E-state index contributed by atoms with van der Waals surface area (Å²) in [5.74, 6) is -0.721. The lowest BCUT2D eigenvalue weighted by molar-refractivity contribution is -0.0987. The van der Waals surface area contributed by atoms with Gasteiger partial charge in [0.15, 0.2) is 0 Å². The van der Waals surface area contributed by atoms with Gasteiger partial charge in [0.1, 0.15) is 41.6 Å². The molecule has 6 aromatic rings. The zero-order chi connectivity index (χ0) is 34.8. The molecule has 1 amide bonds. The van der Waals surface area contributed by atoms with E-state index in [2.05, 4.69) is 19.2 Å². The van der Waals surface area contributed by atoms with Crippen molar-refractivity contribution >= 4 is 57.7 Å². The molecule has 0 bridgehead atoms. The third kappa shape index (κ3) is 7.78. The minimum absolute atomic E-state index is 0.328. The quantitative estimate of drug-likeness (QED) is 0.199. The van der Waals surface area contributed by atoms with Crippen LogP contribution in [0.25, 0.3) is 54.2 Å². The van der Waals surface area contributed by atoms with Crippen LogP contribution >= 0.6 is 11.3 Å². The molecule has 4 aromatic carbocycles. The topological polar surface area (TPSA) is 92.5 Å². The van der Waals surface area contributed by atoms with Gasteiger partial charge in [-0.05, 0) is 72.6 Å². The molecule has 0 aliphatic rings. The molecule has 1 N–H and O–H groups in total. The average Bonchev–Trinajstić information content (AvgIpc) is 3.67.